The Morgan fingerprint density at radius 1 is 1.13 bits per heavy atom. The van der Waals surface area contributed by atoms with Crippen LogP contribution in [0.3, 0.4) is 0 Å². The second-order valence-electron chi connectivity index (χ2n) is 6.95. The zero-order valence-corrected chi connectivity index (χ0v) is 16.6. The minimum Gasteiger partial charge on any atom is -0.394 e. The van der Waals surface area contributed by atoms with Gasteiger partial charge in [0.05, 0.1) is 17.4 Å². The Labute approximate surface area is 174 Å². The molecule has 0 aliphatic carbocycles. The summed E-state index contributed by atoms with van der Waals surface area (Å²) in [5.41, 5.74) is 7.87. The van der Waals surface area contributed by atoms with Crippen molar-refractivity contribution in [1.29, 1.82) is 0 Å². The molecule has 2 aromatic carbocycles. The predicted octanol–water partition coefficient (Wildman–Crippen LogP) is 3.83. The Balaban J connectivity index is 1.50. The summed E-state index contributed by atoms with van der Waals surface area (Å²) in [6.07, 6.45) is 3.27. The van der Waals surface area contributed by atoms with E-state index >= 15 is 0 Å². The number of amides is 1. The maximum atomic E-state index is 12.6. The first-order chi connectivity index (χ1) is 14.6. The first-order valence-corrected chi connectivity index (χ1v) is 10.1. The molecular weight excluding hydrogens is 398 g/mol. The van der Waals surface area contributed by atoms with Gasteiger partial charge in [0.1, 0.15) is 6.54 Å². The maximum absolute atomic E-state index is 12.6. The van der Waals surface area contributed by atoms with E-state index in [1.165, 1.54) is 20.7 Å². The van der Waals surface area contributed by atoms with Crippen LogP contribution < -0.4 is 16.6 Å². The molecule has 7 nitrogen and oxygen atoms in total. The van der Waals surface area contributed by atoms with Gasteiger partial charge in [-0.15, -0.1) is 11.3 Å². The number of thiophene rings is 1. The van der Waals surface area contributed by atoms with Crippen LogP contribution in [0.1, 0.15) is 0 Å². The van der Waals surface area contributed by atoms with Gasteiger partial charge >= 0.3 is 0 Å². The van der Waals surface area contributed by atoms with Gasteiger partial charge in [0, 0.05) is 32.4 Å². The lowest BCUT2D eigenvalue weighted by Crippen LogP contribution is -2.28. The van der Waals surface area contributed by atoms with E-state index in [0.29, 0.717) is 5.69 Å². The lowest BCUT2D eigenvalue weighted by molar-refractivity contribution is -0.116. The van der Waals surface area contributed by atoms with E-state index < -0.39 is 0 Å². The second-order valence-corrected chi connectivity index (χ2v) is 8.04. The number of nitrogen functional groups attached to an aromatic ring is 1. The molecule has 0 aliphatic heterocycles. The number of pyridine rings is 1. The van der Waals surface area contributed by atoms with Crippen LogP contribution in [0.15, 0.2) is 71.8 Å². The summed E-state index contributed by atoms with van der Waals surface area (Å²) in [7, 11) is 0. The Morgan fingerprint density at radius 3 is 2.87 bits per heavy atom. The third kappa shape index (κ3) is 3.23. The van der Waals surface area contributed by atoms with E-state index in [9.17, 15) is 9.59 Å². The van der Waals surface area contributed by atoms with Crippen LogP contribution in [0, 0.1) is 0 Å². The number of H-pyrrole nitrogens is 1. The van der Waals surface area contributed by atoms with Gasteiger partial charge in [0.15, 0.2) is 0 Å². The van der Waals surface area contributed by atoms with Crippen molar-refractivity contribution in [3.63, 3.8) is 0 Å². The van der Waals surface area contributed by atoms with Crippen LogP contribution in [0.5, 0.6) is 0 Å². The van der Waals surface area contributed by atoms with Crippen molar-refractivity contribution >= 4 is 49.6 Å². The fourth-order valence-electron chi connectivity index (χ4n) is 3.47. The molecule has 0 bridgehead atoms. The van der Waals surface area contributed by atoms with Crippen molar-refractivity contribution in [2.45, 2.75) is 6.54 Å². The highest BCUT2D eigenvalue weighted by atomic mass is 32.1. The Kier molecular flexibility index (Phi) is 4.33. The number of fused-ring (bicyclic) bond motifs is 2. The summed E-state index contributed by atoms with van der Waals surface area (Å²) in [6, 6.07) is 17.3. The molecule has 30 heavy (non-hydrogen) atoms. The number of carbonyl (C=O) groups is 1. The van der Waals surface area contributed by atoms with E-state index in [1.807, 2.05) is 24.3 Å². The topological polar surface area (TPSA) is 106 Å². The molecular formula is C22H17N5O2S. The highest BCUT2D eigenvalue weighted by Crippen LogP contribution is 2.38. The van der Waals surface area contributed by atoms with Crippen molar-refractivity contribution in [2.75, 3.05) is 11.1 Å². The number of rotatable bonds is 4. The van der Waals surface area contributed by atoms with Gasteiger partial charge in [0.25, 0.3) is 5.56 Å². The number of benzene rings is 2. The average molecular weight is 415 g/mol. The fourth-order valence-corrected chi connectivity index (χ4v) is 4.56. The van der Waals surface area contributed by atoms with E-state index in [2.05, 4.69) is 33.7 Å². The summed E-state index contributed by atoms with van der Waals surface area (Å²) >= 11 is 1.68. The molecule has 0 radical (unpaired) electrons. The lowest BCUT2D eigenvalue weighted by Gasteiger charge is -2.10. The molecule has 0 saturated carbocycles. The molecule has 3 aromatic heterocycles. The Morgan fingerprint density at radius 2 is 2.00 bits per heavy atom. The predicted molar refractivity (Wildman–Crippen MR) is 121 cm³/mol. The zero-order chi connectivity index (χ0) is 20.7. The van der Waals surface area contributed by atoms with E-state index in [0.717, 1.165) is 21.3 Å². The summed E-state index contributed by atoms with van der Waals surface area (Å²) in [4.78, 5) is 25.7. The van der Waals surface area contributed by atoms with Gasteiger partial charge < -0.3 is 15.6 Å². The van der Waals surface area contributed by atoms with E-state index in [4.69, 9.17) is 5.73 Å². The second kappa shape index (κ2) is 7.16. The van der Waals surface area contributed by atoms with Gasteiger partial charge in [-0.1, -0.05) is 18.2 Å². The molecule has 148 valence electrons. The SMILES string of the molecule is Nc1cccn(CC(=O)Nc2cc(-c3cc4ccccc4s3)c3[nH]ncc3c2)c1=O. The molecule has 1 amide bonds. The van der Waals surface area contributed by atoms with Crippen LogP contribution in [-0.2, 0) is 11.3 Å². The largest absolute Gasteiger partial charge is 0.394 e. The standard InChI is InChI=1S/C22H17N5O2S/c23-17-5-3-7-27(22(17)29)12-20(28)25-15-8-14-11-24-26-21(14)16(10-15)19-9-13-4-1-2-6-18(13)30-19/h1-11H,12,23H2,(H,24,26)(H,25,28). The first-order valence-electron chi connectivity index (χ1n) is 9.29. The minimum absolute atomic E-state index is 0.108. The van der Waals surface area contributed by atoms with Gasteiger partial charge in [0.2, 0.25) is 5.91 Å². The number of hydrogen-bond acceptors (Lipinski definition) is 5. The molecule has 0 aliphatic rings. The Bertz CT molecular complexity index is 1430. The van der Waals surface area contributed by atoms with Crippen LogP contribution in [0.25, 0.3) is 31.4 Å². The summed E-state index contributed by atoms with van der Waals surface area (Å²) in [6.45, 7) is -0.120. The minimum atomic E-state index is -0.385. The molecule has 0 saturated heterocycles. The van der Waals surface area contributed by atoms with Gasteiger partial charge in [-0.2, -0.15) is 5.10 Å². The molecule has 0 atom stereocenters. The zero-order valence-electron chi connectivity index (χ0n) is 15.8. The maximum Gasteiger partial charge on any atom is 0.274 e. The highest BCUT2D eigenvalue weighted by Gasteiger charge is 2.13. The van der Waals surface area contributed by atoms with Crippen molar-refractivity contribution in [2.24, 2.45) is 0 Å². The molecule has 3 heterocycles. The molecule has 0 unspecified atom stereocenters. The number of hydrogen-bond donors (Lipinski definition) is 3. The van der Waals surface area contributed by atoms with E-state index in [-0.39, 0.29) is 23.7 Å². The van der Waals surface area contributed by atoms with Crippen molar-refractivity contribution < 1.29 is 4.79 Å². The number of carbonyl (C=O) groups excluding carboxylic acids is 1. The number of aromatic amines is 1. The van der Waals surface area contributed by atoms with E-state index in [1.54, 1.807) is 29.8 Å². The van der Waals surface area contributed by atoms with Gasteiger partial charge in [-0.25, -0.2) is 0 Å². The van der Waals surface area contributed by atoms with Crippen molar-refractivity contribution in [3.8, 4) is 10.4 Å². The van der Waals surface area contributed by atoms with Crippen molar-refractivity contribution in [3.05, 3.63) is 77.3 Å². The summed E-state index contributed by atoms with van der Waals surface area (Å²) in [5.74, 6) is -0.312. The molecule has 0 spiro atoms. The molecule has 4 N–H and O–H groups in total. The monoisotopic (exact) mass is 415 g/mol. The highest BCUT2D eigenvalue weighted by molar-refractivity contribution is 7.22. The summed E-state index contributed by atoms with van der Waals surface area (Å²) in [5, 5.41) is 12.2. The number of nitrogens with one attached hydrogen (secondary N) is 2. The van der Waals surface area contributed by atoms with Crippen LogP contribution in [0.4, 0.5) is 11.4 Å². The molecule has 0 fully saturated rings. The van der Waals surface area contributed by atoms with Crippen LogP contribution in [-0.4, -0.2) is 20.7 Å². The third-order valence-corrected chi connectivity index (χ3v) is 6.04. The number of anilines is 2. The molecule has 8 heteroatoms. The molecule has 5 rings (SSSR count). The smallest absolute Gasteiger partial charge is 0.274 e. The van der Waals surface area contributed by atoms with Gasteiger partial charge in [-0.05, 0) is 41.8 Å². The normalized spacial score (nSPS) is 11.2. The lowest BCUT2D eigenvalue weighted by atomic mass is 10.1. The van der Waals surface area contributed by atoms with Crippen LogP contribution >= 0.6 is 11.3 Å². The summed E-state index contributed by atoms with van der Waals surface area (Å²) < 4.78 is 2.48. The quantitative estimate of drug-likeness (QED) is 0.415. The first kappa shape index (κ1) is 18.1. The fraction of sp³-hybridized carbons (Fsp3) is 0.0455. The van der Waals surface area contributed by atoms with Crippen molar-refractivity contribution in [1.82, 2.24) is 14.8 Å². The number of nitrogens with two attached hydrogens (primary N) is 1. The van der Waals surface area contributed by atoms with Crippen LogP contribution in [0.2, 0.25) is 0 Å². The van der Waals surface area contributed by atoms with Gasteiger partial charge in [-0.3, -0.25) is 14.7 Å². The number of nitrogens with zero attached hydrogens (tertiary/aromatic N) is 2. The average Bonchev–Trinajstić information content (AvgIpc) is 3.37. The molecule has 5 aromatic rings. The Hall–Kier alpha value is -3.91. The third-order valence-electron chi connectivity index (χ3n) is 4.89. The number of aromatic nitrogens is 3.